The predicted octanol–water partition coefficient (Wildman–Crippen LogP) is 0.719. The first-order chi connectivity index (χ1) is 7.56. The topological polar surface area (TPSA) is 61.9 Å². The molecule has 0 saturated carbocycles. The van der Waals surface area contributed by atoms with Crippen molar-refractivity contribution in [1.29, 1.82) is 0 Å². The minimum atomic E-state index is -0.268. The molecule has 16 heavy (non-hydrogen) atoms. The summed E-state index contributed by atoms with van der Waals surface area (Å²) in [5, 5.41) is 0.230. The second kappa shape index (κ2) is 3.79. The zero-order chi connectivity index (χ0) is 11.9. The number of aromatic nitrogens is 4. The summed E-state index contributed by atoms with van der Waals surface area (Å²) in [5.74, 6) is 0. The van der Waals surface area contributed by atoms with Crippen LogP contribution in [-0.4, -0.2) is 25.7 Å². The van der Waals surface area contributed by atoms with Gasteiger partial charge in [-0.3, -0.25) is 9.36 Å². The zero-order valence-electron chi connectivity index (χ0n) is 9.19. The Morgan fingerprint density at radius 2 is 2.00 bits per heavy atom. The molecule has 0 amide bonds. The molecule has 0 atom stereocenters. The Morgan fingerprint density at radius 3 is 2.62 bits per heavy atom. The maximum atomic E-state index is 11.9. The van der Waals surface area contributed by atoms with Crippen molar-refractivity contribution in [3.63, 3.8) is 0 Å². The molecule has 0 spiro atoms. The Balaban J connectivity index is 2.83. The molecule has 0 N–H and O–H groups in total. The summed E-state index contributed by atoms with van der Waals surface area (Å²) in [6.07, 6.45) is 0. The molecule has 86 valence electrons. The number of hydrogen-bond acceptors (Lipinski definition) is 4. The van der Waals surface area contributed by atoms with E-state index in [9.17, 15) is 4.79 Å². The molecule has 0 radical (unpaired) electrons. The summed E-state index contributed by atoms with van der Waals surface area (Å²) in [7, 11) is 3.28. The van der Waals surface area contributed by atoms with Crippen LogP contribution in [0.3, 0.4) is 0 Å². The van der Waals surface area contributed by atoms with E-state index in [1.165, 1.54) is 4.57 Å². The zero-order valence-corrected chi connectivity index (χ0v) is 9.95. The molecular weight excluding hydrogens is 232 g/mol. The third-order valence-corrected chi connectivity index (χ3v) is 2.62. The maximum Gasteiger partial charge on any atom is 0.301 e. The van der Waals surface area contributed by atoms with Crippen molar-refractivity contribution in [2.24, 2.45) is 14.1 Å². The molecule has 0 aliphatic heterocycles. The van der Waals surface area contributed by atoms with Gasteiger partial charge in [-0.25, -0.2) is 4.98 Å². The van der Waals surface area contributed by atoms with E-state index in [-0.39, 0.29) is 22.4 Å². The SMILES string of the molecule is CCOc1nc2c(nc(Cl)n2C)c(=O)n1C. The van der Waals surface area contributed by atoms with Gasteiger partial charge in [0.15, 0.2) is 11.2 Å². The number of aryl methyl sites for hydroxylation is 1. The number of halogens is 1. The predicted molar refractivity (Wildman–Crippen MR) is 59.9 cm³/mol. The monoisotopic (exact) mass is 242 g/mol. The molecule has 7 heteroatoms. The van der Waals surface area contributed by atoms with Crippen LogP contribution in [0.2, 0.25) is 5.28 Å². The molecular formula is C9H11ClN4O2. The van der Waals surface area contributed by atoms with Crippen molar-refractivity contribution in [2.45, 2.75) is 6.92 Å². The van der Waals surface area contributed by atoms with E-state index < -0.39 is 0 Å². The molecule has 2 rings (SSSR count). The number of imidazole rings is 1. The van der Waals surface area contributed by atoms with Crippen LogP contribution in [0.4, 0.5) is 0 Å². The van der Waals surface area contributed by atoms with Crippen LogP contribution in [-0.2, 0) is 14.1 Å². The van der Waals surface area contributed by atoms with Gasteiger partial charge in [-0.05, 0) is 18.5 Å². The number of hydrogen-bond donors (Lipinski definition) is 0. The molecule has 2 aromatic rings. The highest BCUT2D eigenvalue weighted by atomic mass is 35.5. The first-order valence-corrected chi connectivity index (χ1v) is 5.15. The van der Waals surface area contributed by atoms with Gasteiger partial charge in [-0.15, -0.1) is 0 Å². The summed E-state index contributed by atoms with van der Waals surface area (Å²) in [4.78, 5) is 20.1. The van der Waals surface area contributed by atoms with Gasteiger partial charge >= 0.3 is 6.01 Å². The first kappa shape index (κ1) is 10.9. The van der Waals surface area contributed by atoms with Gasteiger partial charge in [-0.2, -0.15) is 4.98 Å². The van der Waals surface area contributed by atoms with Crippen LogP contribution in [0, 0.1) is 0 Å². The van der Waals surface area contributed by atoms with Crippen LogP contribution in [0.5, 0.6) is 6.01 Å². The molecule has 6 nitrogen and oxygen atoms in total. The molecule has 0 unspecified atom stereocenters. The Morgan fingerprint density at radius 1 is 1.31 bits per heavy atom. The van der Waals surface area contributed by atoms with Crippen molar-refractivity contribution in [1.82, 2.24) is 19.1 Å². The fourth-order valence-corrected chi connectivity index (χ4v) is 1.57. The fourth-order valence-electron chi connectivity index (χ4n) is 1.40. The van der Waals surface area contributed by atoms with E-state index in [0.29, 0.717) is 12.3 Å². The molecule has 0 bridgehead atoms. The molecule has 0 aromatic carbocycles. The number of fused-ring (bicyclic) bond motifs is 1. The van der Waals surface area contributed by atoms with Crippen molar-refractivity contribution in [3.05, 3.63) is 15.6 Å². The molecule has 0 aliphatic carbocycles. The summed E-state index contributed by atoms with van der Waals surface area (Å²) in [6.45, 7) is 2.27. The minimum Gasteiger partial charge on any atom is -0.465 e. The number of ether oxygens (including phenoxy) is 1. The average Bonchev–Trinajstić information content (AvgIpc) is 2.53. The normalized spacial score (nSPS) is 11.0. The van der Waals surface area contributed by atoms with Gasteiger partial charge in [0.25, 0.3) is 5.56 Å². The number of rotatable bonds is 2. The lowest BCUT2D eigenvalue weighted by molar-refractivity contribution is 0.297. The summed E-state index contributed by atoms with van der Waals surface area (Å²) in [5.41, 5.74) is 0.408. The van der Waals surface area contributed by atoms with Crippen molar-refractivity contribution >= 4 is 22.8 Å². The van der Waals surface area contributed by atoms with Crippen molar-refractivity contribution < 1.29 is 4.74 Å². The molecule has 0 fully saturated rings. The molecule has 2 heterocycles. The van der Waals surface area contributed by atoms with Crippen molar-refractivity contribution in [2.75, 3.05) is 6.61 Å². The van der Waals surface area contributed by atoms with Crippen LogP contribution < -0.4 is 10.3 Å². The summed E-state index contributed by atoms with van der Waals surface area (Å²) >= 11 is 5.83. The van der Waals surface area contributed by atoms with E-state index in [4.69, 9.17) is 16.3 Å². The van der Waals surface area contributed by atoms with Crippen LogP contribution in [0.25, 0.3) is 11.2 Å². The van der Waals surface area contributed by atoms with Crippen LogP contribution in [0.15, 0.2) is 4.79 Å². The van der Waals surface area contributed by atoms with E-state index in [1.807, 2.05) is 6.92 Å². The van der Waals surface area contributed by atoms with E-state index >= 15 is 0 Å². The highest BCUT2D eigenvalue weighted by molar-refractivity contribution is 6.29. The van der Waals surface area contributed by atoms with E-state index in [0.717, 1.165) is 0 Å². The van der Waals surface area contributed by atoms with E-state index in [2.05, 4.69) is 9.97 Å². The molecule has 0 aliphatic rings. The van der Waals surface area contributed by atoms with Crippen LogP contribution in [0.1, 0.15) is 6.92 Å². The van der Waals surface area contributed by atoms with Gasteiger partial charge in [0.1, 0.15) is 0 Å². The smallest absolute Gasteiger partial charge is 0.301 e. The number of nitrogens with zero attached hydrogens (tertiary/aromatic N) is 4. The Bertz CT molecular complexity index is 602. The van der Waals surface area contributed by atoms with Gasteiger partial charge in [0.2, 0.25) is 5.28 Å². The standard InChI is InChI=1S/C9H11ClN4O2/c1-4-16-9-12-6-5(7(15)14(9)3)11-8(10)13(6)2/h4H2,1-3H3. The van der Waals surface area contributed by atoms with E-state index in [1.54, 1.807) is 18.7 Å². The third-order valence-electron chi connectivity index (χ3n) is 2.28. The van der Waals surface area contributed by atoms with Gasteiger partial charge < -0.3 is 9.30 Å². The lowest BCUT2D eigenvalue weighted by Crippen LogP contribution is -2.21. The van der Waals surface area contributed by atoms with Gasteiger partial charge in [0.05, 0.1) is 6.61 Å². The Labute approximate surface area is 96.4 Å². The highest BCUT2D eigenvalue weighted by Gasteiger charge is 2.15. The van der Waals surface area contributed by atoms with Crippen molar-refractivity contribution in [3.8, 4) is 6.01 Å². The van der Waals surface area contributed by atoms with Gasteiger partial charge in [-0.1, -0.05) is 0 Å². The second-order valence-corrected chi connectivity index (χ2v) is 3.64. The maximum absolute atomic E-state index is 11.9. The lowest BCUT2D eigenvalue weighted by atomic mass is 10.5. The Hall–Kier alpha value is -1.56. The highest BCUT2D eigenvalue weighted by Crippen LogP contribution is 2.15. The third kappa shape index (κ3) is 1.46. The summed E-state index contributed by atoms with van der Waals surface area (Å²) in [6, 6.07) is 0.264. The lowest BCUT2D eigenvalue weighted by Gasteiger charge is -2.06. The molecule has 2 aromatic heterocycles. The second-order valence-electron chi connectivity index (χ2n) is 3.30. The Kier molecular flexibility index (Phi) is 2.59. The summed E-state index contributed by atoms with van der Waals surface area (Å²) < 4.78 is 8.11. The molecule has 0 saturated heterocycles. The quantitative estimate of drug-likeness (QED) is 0.728. The largest absolute Gasteiger partial charge is 0.465 e. The minimum absolute atomic E-state index is 0.230. The van der Waals surface area contributed by atoms with Gasteiger partial charge in [0, 0.05) is 14.1 Å². The first-order valence-electron chi connectivity index (χ1n) is 4.78. The average molecular weight is 243 g/mol. The van der Waals surface area contributed by atoms with Crippen LogP contribution >= 0.6 is 11.6 Å². The fraction of sp³-hybridized carbons (Fsp3) is 0.444.